The molecule has 0 heterocycles. The summed E-state index contributed by atoms with van der Waals surface area (Å²) >= 11 is 0. The number of hydrogen-bond acceptors (Lipinski definition) is 3. The van der Waals surface area contributed by atoms with Crippen LogP contribution >= 0.6 is 0 Å². The summed E-state index contributed by atoms with van der Waals surface area (Å²) in [5.74, 6) is -0.677. The zero-order chi connectivity index (χ0) is 20.0. The fourth-order valence-electron chi connectivity index (χ4n) is 2.62. The lowest BCUT2D eigenvalue weighted by atomic mass is 9.86. The van der Waals surface area contributed by atoms with Crippen molar-refractivity contribution in [1.82, 2.24) is 5.32 Å². The van der Waals surface area contributed by atoms with Gasteiger partial charge in [0, 0.05) is 11.3 Å². The number of hydrogen-bond donors (Lipinski definition) is 3. The summed E-state index contributed by atoms with van der Waals surface area (Å²) in [6.45, 7) is 9.58. The molecular weight excluding hydrogens is 340 g/mol. The lowest BCUT2D eigenvalue weighted by Gasteiger charge is -2.21. The standard InChI is InChI=1S/C22H26N2O3/c1-5-20(26)23-18-8-6-7-16(13-18)21(27)24-19(14-25)15-9-11-17(12-10-15)22(2,3)4/h5-13,19,25H,1,14H2,2-4H3,(H,23,26)(H,24,27). The molecule has 27 heavy (non-hydrogen) atoms. The Labute approximate surface area is 160 Å². The van der Waals surface area contributed by atoms with Crippen LogP contribution in [0.4, 0.5) is 5.69 Å². The largest absolute Gasteiger partial charge is 0.394 e. The number of carbonyl (C=O) groups is 2. The van der Waals surface area contributed by atoms with Gasteiger partial charge in [-0.15, -0.1) is 0 Å². The summed E-state index contributed by atoms with van der Waals surface area (Å²) in [6, 6.07) is 13.9. The van der Waals surface area contributed by atoms with Gasteiger partial charge < -0.3 is 15.7 Å². The van der Waals surface area contributed by atoms with E-state index in [1.165, 1.54) is 5.56 Å². The van der Waals surface area contributed by atoms with Gasteiger partial charge in [-0.1, -0.05) is 57.7 Å². The molecule has 2 amide bonds. The molecule has 0 radical (unpaired) electrons. The van der Waals surface area contributed by atoms with Crippen LogP contribution < -0.4 is 10.6 Å². The van der Waals surface area contributed by atoms with Gasteiger partial charge in [0.1, 0.15) is 0 Å². The van der Waals surface area contributed by atoms with Crippen molar-refractivity contribution in [2.75, 3.05) is 11.9 Å². The monoisotopic (exact) mass is 366 g/mol. The van der Waals surface area contributed by atoms with Crippen LogP contribution in [0.2, 0.25) is 0 Å². The second-order valence-corrected chi connectivity index (χ2v) is 7.35. The Kier molecular flexibility index (Phi) is 6.53. The zero-order valence-corrected chi connectivity index (χ0v) is 16.0. The van der Waals surface area contributed by atoms with E-state index in [2.05, 4.69) is 38.0 Å². The van der Waals surface area contributed by atoms with Gasteiger partial charge in [0.25, 0.3) is 5.91 Å². The first kappa shape index (κ1) is 20.4. The van der Waals surface area contributed by atoms with E-state index in [0.29, 0.717) is 11.3 Å². The van der Waals surface area contributed by atoms with Gasteiger partial charge in [0.15, 0.2) is 0 Å². The molecule has 5 nitrogen and oxygen atoms in total. The van der Waals surface area contributed by atoms with Crippen LogP contribution in [0.25, 0.3) is 0 Å². The van der Waals surface area contributed by atoms with Gasteiger partial charge in [-0.2, -0.15) is 0 Å². The van der Waals surface area contributed by atoms with E-state index in [0.717, 1.165) is 11.6 Å². The van der Waals surface area contributed by atoms with Crippen molar-refractivity contribution in [3.05, 3.63) is 77.9 Å². The number of carbonyl (C=O) groups excluding carboxylic acids is 2. The fraction of sp³-hybridized carbons (Fsp3) is 0.273. The Morgan fingerprint density at radius 2 is 1.81 bits per heavy atom. The van der Waals surface area contributed by atoms with E-state index in [4.69, 9.17) is 0 Å². The highest BCUT2D eigenvalue weighted by molar-refractivity contribution is 6.00. The molecule has 2 rings (SSSR count). The Bertz CT molecular complexity index is 820. The minimum atomic E-state index is -0.516. The lowest BCUT2D eigenvalue weighted by Crippen LogP contribution is -2.31. The van der Waals surface area contributed by atoms with Gasteiger partial charge >= 0.3 is 0 Å². The molecule has 3 N–H and O–H groups in total. The molecule has 0 saturated heterocycles. The second kappa shape index (κ2) is 8.64. The van der Waals surface area contributed by atoms with Crippen LogP contribution in [0.5, 0.6) is 0 Å². The normalized spacial score (nSPS) is 12.1. The Hall–Kier alpha value is -2.92. The van der Waals surface area contributed by atoms with Crippen molar-refractivity contribution in [2.24, 2.45) is 0 Å². The van der Waals surface area contributed by atoms with Crippen LogP contribution in [0.15, 0.2) is 61.2 Å². The molecule has 0 aliphatic rings. The summed E-state index contributed by atoms with van der Waals surface area (Å²) in [5, 5.41) is 15.2. The smallest absolute Gasteiger partial charge is 0.251 e. The first-order valence-electron chi connectivity index (χ1n) is 8.80. The predicted molar refractivity (Wildman–Crippen MR) is 108 cm³/mol. The maximum Gasteiger partial charge on any atom is 0.251 e. The number of benzene rings is 2. The summed E-state index contributed by atoms with van der Waals surface area (Å²) in [7, 11) is 0. The third-order valence-electron chi connectivity index (χ3n) is 4.24. The number of amides is 2. The van der Waals surface area contributed by atoms with E-state index in [-0.39, 0.29) is 23.8 Å². The second-order valence-electron chi connectivity index (χ2n) is 7.35. The third kappa shape index (κ3) is 5.53. The van der Waals surface area contributed by atoms with E-state index >= 15 is 0 Å². The summed E-state index contributed by atoms with van der Waals surface area (Å²) in [4.78, 5) is 24.0. The third-order valence-corrected chi connectivity index (χ3v) is 4.24. The van der Waals surface area contributed by atoms with Crippen molar-refractivity contribution in [3.8, 4) is 0 Å². The van der Waals surface area contributed by atoms with Crippen LogP contribution in [-0.2, 0) is 10.2 Å². The molecule has 0 fully saturated rings. The molecule has 0 spiro atoms. The first-order valence-corrected chi connectivity index (χ1v) is 8.80. The molecule has 0 aliphatic carbocycles. The minimum Gasteiger partial charge on any atom is -0.394 e. The molecule has 2 aromatic rings. The number of anilines is 1. The van der Waals surface area contributed by atoms with Crippen molar-refractivity contribution in [2.45, 2.75) is 32.2 Å². The molecular formula is C22H26N2O3. The Morgan fingerprint density at radius 1 is 1.15 bits per heavy atom. The quantitative estimate of drug-likeness (QED) is 0.684. The summed E-state index contributed by atoms with van der Waals surface area (Å²) < 4.78 is 0. The molecule has 0 bridgehead atoms. The van der Waals surface area contributed by atoms with E-state index in [9.17, 15) is 14.7 Å². The van der Waals surface area contributed by atoms with Gasteiger partial charge in [-0.3, -0.25) is 9.59 Å². The first-order chi connectivity index (χ1) is 12.7. The highest BCUT2D eigenvalue weighted by atomic mass is 16.3. The van der Waals surface area contributed by atoms with Gasteiger partial charge in [0.2, 0.25) is 5.91 Å². The average molecular weight is 366 g/mol. The molecule has 0 aromatic heterocycles. The highest BCUT2D eigenvalue weighted by Gasteiger charge is 2.18. The molecule has 1 unspecified atom stereocenters. The number of rotatable bonds is 6. The van der Waals surface area contributed by atoms with Crippen LogP contribution in [0.1, 0.15) is 48.3 Å². The molecule has 5 heteroatoms. The summed E-state index contributed by atoms with van der Waals surface area (Å²) in [5.41, 5.74) is 2.94. The van der Waals surface area contributed by atoms with E-state index < -0.39 is 6.04 Å². The van der Waals surface area contributed by atoms with Gasteiger partial charge in [-0.25, -0.2) is 0 Å². The van der Waals surface area contributed by atoms with Crippen molar-refractivity contribution < 1.29 is 14.7 Å². The maximum atomic E-state index is 12.6. The summed E-state index contributed by atoms with van der Waals surface area (Å²) in [6.07, 6.45) is 1.16. The minimum absolute atomic E-state index is 0.0345. The lowest BCUT2D eigenvalue weighted by molar-refractivity contribution is -0.111. The SMILES string of the molecule is C=CC(=O)Nc1cccc(C(=O)NC(CO)c2ccc(C(C)(C)C)cc2)c1. The molecule has 2 aromatic carbocycles. The van der Waals surface area contributed by atoms with Crippen molar-refractivity contribution >= 4 is 17.5 Å². The van der Waals surface area contributed by atoms with E-state index in [1.807, 2.05) is 24.3 Å². The maximum absolute atomic E-state index is 12.6. The Morgan fingerprint density at radius 3 is 2.37 bits per heavy atom. The number of nitrogens with one attached hydrogen (secondary N) is 2. The van der Waals surface area contributed by atoms with Crippen LogP contribution in [-0.4, -0.2) is 23.5 Å². The van der Waals surface area contributed by atoms with Crippen molar-refractivity contribution in [3.63, 3.8) is 0 Å². The fourth-order valence-corrected chi connectivity index (χ4v) is 2.62. The topological polar surface area (TPSA) is 78.4 Å². The van der Waals surface area contributed by atoms with Gasteiger partial charge in [-0.05, 0) is 40.8 Å². The average Bonchev–Trinajstić information content (AvgIpc) is 2.65. The zero-order valence-electron chi connectivity index (χ0n) is 16.0. The molecule has 0 aliphatic heterocycles. The number of aliphatic hydroxyl groups excluding tert-OH is 1. The van der Waals surface area contributed by atoms with Crippen LogP contribution in [0, 0.1) is 0 Å². The molecule has 0 saturated carbocycles. The van der Waals surface area contributed by atoms with Gasteiger partial charge in [0.05, 0.1) is 12.6 Å². The molecule has 1 atom stereocenters. The molecule has 142 valence electrons. The van der Waals surface area contributed by atoms with Crippen molar-refractivity contribution in [1.29, 1.82) is 0 Å². The number of aliphatic hydroxyl groups is 1. The highest BCUT2D eigenvalue weighted by Crippen LogP contribution is 2.24. The van der Waals surface area contributed by atoms with Crippen LogP contribution in [0.3, 0.4) is 0 Å². The van der Waals surface area contributed by atoms with E-state index in [1.54, 1.807) is 24.3 Å². The Balaban J connectivity index is 2.14. The predicted octanol–water partition coefficient (Wildman–Crippen LogP) is 3.57.